The molecule has 0 aliphatic heterocycles. The van der Waals surface area contributed by atoms with Crippen LogP contribution in [-0.4, -0.2) is 48.4 Å². The average Bonchev–Trinajstić information content (AvgIpc) is 2.70. The summed E-state index contributed by atoms with van der Waals surface area (Å²) in [4.78, 5) is 26.2. The molecule has 0 aliphatic rings. The van der Waals surface area contributed by atoms with Gasteiger partial charge in [-0.05, 0) is 36.8 Å². The van der Waals surface area contributed by atoms with Crippen molar-refractivity contribution in [3.8, 4) is 11.5 Å². The number of carboxylic acids is 1. The summed E-state index contributed by atoms with van der Waals surface area (Å²) in [5.41, 5.74) is 1.14. The molecule has 0 fully saturated rings. The minimum atomic E-state index is -0.997. The number of nitrogens with zero attached hydrogens (tertiary/aromatic N) is 1. The normalized spacial score (nSPS) is 10.3. The van der Waals surface area contributed by atoms with Crippen molar-refractivity contribution in [1.29, 1.82) is 0 Å². The Hall–Kier alpha value is -2.67. The van der Waals surface area contributed by atoms with Gasteiger partial charge in [-0.15, -0.1) is 11.8 Å². The van der Waals surface area contributed by atoms with Crippen LogP contribution in [0.25, 0.3) is 0 Å². The molecule has 0 atom stereocenters. The summed E-state index contributed by atoms with van der Waals surface area (Å²) in [7, 11) is 3.15. The molecule has 0 spiro atoms. The Balaban J connectivity index is 2.05. The number of methoxy groups -OCH3 is 2. The number of amides is 1. The number of aromatic carboxylic acids is 1. The highest BCUT2D eigenvalue weighted by Crippen LogP contribution is 2.28. The van der Waals surface area contributed by atoms with Crippen molar-refractivity contribution < 1.29 is 24.2 Å². The third kappa shape index (κ3) is 5.40. The molecule has 0 unspecified atom stereocenters. The largest absolute Gasteiger partial charge is 0.493 e. The number of carboxylic acid groups (broad SMARTS) is 1. The van der Waals surface area contributed by atoms with Gasteiger partial charge in [-0.3, -0.25) is 4.79 Å². The lowest BCUT2D eigenvalue weighted by Gasteiger charge is -2.21. The lowest BCUT2D eigenvalue weighted by atomic mass is 10.2. The fourth-order valence-electron chi connectivity index (χ4n) is 2.58. The maximum Gasteiger partial charge on any atom is 0.336 e. The van der Waals surface area contributed by atoms with Gasteiger partial charge in [0, 0.05) is 18.0 Å². The first-order chi connectivity index (χ1) is 13.0. The van der Waals surface area contributed by atoms with E-state index in [1.54, 1.807) is 37.3 Å². The van der Waals surface area contributed by atoms with Crippen LogP contribution in [0, 0.1) is 0 Å². The van der Waals surface area contributed by atoms with E-state index in [4.69, 9.17) is 9.47 Å². The first-order valence-corrected chi connectivity index (χ1v) is 9.42. The molecule has 1 amide bonds. The van der Waals surface area contributed by atoms with E-state index in [9.17, 15) is 14.7 Å². The maximum absolute atomic E-state index is 12.6. The molecule has 6 nitrogen and oxygen atoms in total. The SMILES string of the molecule is CCN(Cc1ccc(OC)c(OC)c1)C(=O)CSc1ccccc1C(=O)O. The van der Waals surface area contributed by atoms with Crippen molar-refractivity contribution >= 4 is 23.6 Å². The fraction of sp³-hybridized carbons (Fsp3) is 0.300. The maximum atomic E-state index is 12.6. The molecule has 0 saturated carbocycles. The molecule has 2 rings (SSSR count). The van der Waals surface area contributed by atoms with E-state index in [1.807, 2.05) is 25.1 Å². The second kappa shape index (κ2) is 9.87. The second-order valence-corrected chi connectivity index (χ2v) is 6.70. The first-order valence-electron chi connectivity index (χ1n) is 8.44. The zero-order valence-corrected chi connectivity index (χ0v) is 16.4. The van der Waals surface area contributed by atoms with E-state index >= 15 is 0 Å². The molecule has 27 heavy (non-hydrogen) atoms. The Morgan fingerprint density at radius 3 is 2.41 bits per heavy atom. The van der Waals surface area contributed by atoms with Gasteiger partial charge in [0.2, 0.25) is 5.91 Å². The molecule has 0 bridgehead atoms. The zero-order chi connectivity index (χ0) is 19.8. The van der Waals surface area contributed by atoms with Crippen LogP contribution in [0.4, 0.5) is 0 Å². The monoisotopic (exact) mass is 389 g/mol. The van der Waals surface area contributed by atoms with Crippen LogP contribution in [0.1, 0.15) is 22.8 Å². The number of hydrogen-bond donors (Lipinski definition) is 1. The van der Waals surface area contributed by atoms with Crippen LogP contribution in [0.15, 0.2) is 47.4 Å². The topological polar surface area (TPSA) is 76.1 Å². The van der Waals surface area contributed by atoms with Crippen molar-refractivity contribution in [2.24, 2.45) is 0 Å². The van der Waals surface area contributed by atoms with Gasteiger partial charge in [-0.2, -0.15) is 0 Å². The Morgan fingerprint density at radius 2 is 1.78 bits per heavy atom. The average molecular weight is 389 g/mol. The van der Waals surface area contributed by atoms with E-state index in [0.29, 0.717) is 29.5 Å². The molecule has 0 saturated heterocycles. The van der Waals surface area contributed by atoms with Gasteiger partial charge in [-0.1, -0.05) is 18.2 Å². The number of benzene rings is 2. The summed E-state index contributed by atoms with van der Waals surface area (Å²) in [5.74, 6) is 0.367. The van der Waals surface area contributed by atoms with Gasteiger partial charge in [0.1, 0.15) is 0 Å². The molecule has 0 heterocycles. The number of thioether (sulfide) groups is 1. The van der Waals surface area contributed by atoms with Crippen LogP contribution in [0.3, 0.4) is 0 Å². The summed E-state index contributed by atoms with van der Waals surface area (Å²) in [6.07, 6.45) is 0. The van der Waals surface area contributed by atoms with E-state index in [1.165, 1.54) is 17.8 Å². The molecule has 0 radical (unpaired) electrons. The molecule has 144 valence electrons. The van der Waals surface area contributed by atoms with Gasteiger partial charge in [0.25, 0.3) is 0 Å². The van der Waals surface area contributed by atoms with E-state index < -0.39 is 5.97 Å². The molecule has 1 N–H and O–H groups in total. The summed E-state index contributed by atoms with van der Waals surface area (Å²) < 4.78 is 10.5. The van der Waals surface area contributed by atoms with Gasteiger partial charge < -0.3 is 19.5 Å². The Morgan fingerprint density at radius 1 is 1.07 bits per heavy atom. The Bertz CT molecular complexity index is 809. The molecular weight excluding hydrogens is 366 g/mol. The summed E-state index contributed by atoms with van der Waals surface area (Å²) >= 11 is 1.23. The van der Waals surface area contributed by atoms with Crippen molar-refractivity contribution in [3.05, 3.63) is 53.6 Å². The van der Waals surface area contributed by atoms with E-state index in [-0.39, 0.29) is 17.2 Å². The van der Waals surface area contributed by atoms with Crippen LogP contribution in [0.5, 0.6) is 11.5 Å². The molecule has 2 aromatic rings. The predicted molar refractivity (Wildman–Crippen MR) is 105 cm³/mol. The van der Waals surface area contributed by atoms with E-state index in [0.717, 1.165) is 5.56 Å². The van der Waals surface area contributed by atoms with Crippen molar-refractivity contribution in [2.75, 3.05) is 26.5 Å². The fourth-order valence-corrected chi connectivity index (χ4v) is 3.52. The summed E-state index contributed by atoms with van der Waals surface area (Å²) in [5, 5.41) is 9.24. The number of carbonyl (C=O) groups is 2. The van der Waals surface area contributed by atoms with Gasteiger partial charge >= 0.3 is 5.97 Å². The first kappa shape index (κ1) is 20.6. The number of rotatable bonds is 9. The third-order valence-electron chi connectivity index (χ3n) is 4.02. The van der Waals surface area contributed by atoms with Crippen molar-refractivity contribution in [3.63, 3.8) is 0 Å². The highest BCUT2D eigenvalue weighted by molar-refractivity contribution is 8.00. The lowest BCUT2D eigenvalue weighted by molar-refractivity contribution is -0.128. The van der Waals surface area contributed by atoms with Crippen LogP contribution in [-0.2, 0) is 11.3 Å². The summed E-state index contributed by atoms with van der Waals surface area (Å²) in [6.45, 7) is 2.90. The summed E-state index contributed by atoms with van der Waals surface area (Å²) in [6, 6.07) is 12.2. The minimum Gasteiger partial charge on any atom is -0.493 e. The Kier molecular flexibility index (Phi) is 7.55. The minimum absolute atomic E-state index is 0.0579. The van der Waals surface area contributed by atoms with E-state index in [2.05, 4.69) is 0 Å². The molecule has 0 aliphatic carbocycles. The standard InChI is InChI=1S/C20H23NO5S/c1-4-21(12-14-9-10-16(25-2)17(11-14)26-3)19(22)13-27-18-8-6-5-7-15(18)20(23)24/h5-11H,4,12-13H2,1-3H3,(H,23,24). The molecule has 7 heteroatoms. The number of ether oxygens (including phenoxy) is 2. The van der Waals surface area contributed by atoms with Crippen molar-refractivity contribution in [2.45, 2.75) is 18.4 Å². The smallest absolute Gasteiger partial charge is 0.336 e. The quantitative estimate of drug-likeness (QED) is 0.661. The molecule has 0 aromatic heterocycles. The molecular formula is C20H23NO5S. The molecule has 2 aromatic carbocycles. The highest BCUT2D eigenvalue weighted by Gasteiger charge is 2.16. The van der Waals surface area contributed by atoms with Gasteiger partial charge in [0.15, 0.2) is 11.5 Å². The van der Waals surface area contributed by atoms with Gasteiger partial charge in [0.05, 0.1) is 25.5 Å². The zero-order valence-electron chi connectivity index (χ0n) is 15.6. The van der Waals surface area contributed by atoms with Crippen LogP contribution < -0.4 is 9.47 Å². The highest BCUT2D eigenvalue weighted by atomic mass is 32.2. The number of hydrogen-bond acceptors (Lipinski definition) is 5. The Labute approximate surface area is 163 Å². The second-order valence-electron chi connectivity index (χ2n) is 5.69. The van der Waals surface area contributed by atoms with Gasteiger partial charge in [-0.25, -0.2) is 4.79 Å². The van der Waals surface area contributed by atoms with Crippen molar-refractivity contribution in [1.82, 2.24) is 4.90 Å². The lowest BCUT2D eigenvalue weighted by Crippen LogP contribution is -2.31. The van der Waals surface area contributed by atoms with Crippen LogP contribution in [0.2, 0.25) is 0 Å². The predicted octanol–water partition coefficient (Wildman–Crippen LogP) is 3.54. The number of carbonyl (C=O) groups excluding carboxylic acids is 1. The van der Waals surface area contributed by atoms with Crippen LogP contribution >= 0.6 is 11.8 Å². The third-order valence-corrected chi connectivity index (χ3v) is 5.08.